The summed E-state index contributed by atoms with van der Waals surface area (Å²) in [5.74, 6) is -0.911. The second-order valence-corrected chi connectivity index (χ2v) is 19.2. The molecule has 0 aliphatic heterocycles. The number of ether oxygens (including phenoxy) is 3. The van der Waals surface area contributed by atoms with Crippen molar-refractivity contribution in [2.75, 3.05) is 13.2 Å². The van der Waals surface area contributed by atoms with E-state index < -0.39 is 6.10 Å². The molecule has 6 nitrogen and oxygen atoms in total. The van der Waals surface area contributed by atoms with Gasteiger partial charge in [0.25, 0.3) is 0 Å². The quantitative estimate of drug-likeness (QED) is 0.0261. The first-order valence-corrected chi connectivity index (χ1v) is 29.4. The van der Waals surface area contributed by atoms with E-state index in [1.807, 2.05) is 0 Å². The predicted octanol–water partition coefficient (Wildman–Crippen LogP) is 19.9. The van der Waals surface area contributed by atoms with E-state index in [2.05, 4.69) is 130 Å². The zero-order chi connectivity index (χ0) is 51.4. The zero-order valence-electron chi connectivity index (χ0n) is 46.2. The van der Waals surface area contributed by atoms with Gasteiger partial charge in [-0.2, -0.15) is 0 Å². The molecule has 0 heterocycles. The minimum atomic E-state index is -0.783. The third-order valence-corrected chi connectivity index (χ3v) is 12.3. The van der Waals surface area contributed by atoms with Gasteiger partial charge in [0.1, 0.15) is 13.2 Å². The van der Waals surface area contributed by atoms with Gasteiger partial charge >= 0.3 is 17.9 Å². The lowest BCUT2D eigenvalue weighted by Crippen LogP contribution is -2.30. The summed E-state index contributed by atoms with van der Waals surface area (Å²) in [5.41, 5.74) is 0. The van der Waals surface area contributed by atoms with Gasteiger partial charge in [-0.15, -0.1) is 0 Å². The molecule has 0 aromatic carbocycles. The van der Waals surface area contributed by atoms with Crippen molar-refractivity contribution in [2.24, 2.45) is 0 Å². The molecule has 0 radical (unpaired) electrons. The van der Waals surface area contributed by atoms with Crippen LogP contribution < -0.4 is 0 Å². The fraction of sp³-hybridized carbons (Fsp3) is 0.677. The molecule has 1 atom stereocenters. The van der Waals surface area contributed by atoms with E-state index in [1.165, 1.54) is 96.3 Å². The lowest BCUT2D eigenvalue weighted by atomic mass is 10.0. The van der Waals surface area contributed by atoms with E-state index >= 15 is 0 Å². The minimum Gasteiger partial charge on any atom is -0.462 e. The van der Waals surface area contributed by atoms with Crippen molar-refractivity contribution >= 4 is 17.9 Å². The topological polar surface area (TPSA) is 78.9 Å². The second-order valence-electron chi connectivity index (χ2n) is 19.2. The first-order valence-electron chi connectivity index (χ1n) is 29.4. The summed E-state index contributed by atoms with van der Waals surface area (Å²) in [6, 6.07) is 0. The van der Waals surface area contributed by atoms with Gasteiger partial charge in [-0.3, -0.25) is 14.4 Å². The van der Waals surface area contributed by atoms with Gasteiger partial charge in [-0.25, -0.2) is 0 Å². The van der Waals surface area contributed by atoms with Crippen LogP contribution in [0.15, 0.2) is 109 Å². The molecule has 0 saturated heterocycles. The molecule has 0 aliphatic carbocycles. The van der Waals surface area contributed by atoms with Crippen LogP contribution in [0.2, 0.25) is 0 Å². The van der Waals surface area contributed by atoms with E-state index in [0.29, 0.717) is 19.3 Å². The molecule has 0 amide bonds. The van der Waals surface area contributed by atoms with Crippen molar-refractivity contribution in [1.29, 1.82) is 0 Å². The van der Waals surface area contributed by atoms with Crippen LogP contribution in [0.4, 0.5) is 0 Å². The average Bonchev–Trinajstić information content (AvgIpc) is 3.37. The summed E-state index contributed by atoms with van der Waals surface area (Å²) >= 11 is 0. The summed E-state index contributed by atoms with van der Waals surface area (Å²) < 4.78 is 16.7. The Morgan fingerprint density at radius 2 is 0.563 bits per heavy atom. The Bertz CT molecular complexity index is 1460. The molecular formula is C65H108O6. The van der Waals surface area contributed by atoms with E-state index in [-0.39, 0.29) is 31.1 Å². The van der Waals surface area contributed by atoms with Crippen molar-refractivity contribution in [3.63, 3.8) is 0 Å². The van der Waals surface area contributed by atoms with Crippen LogP contribution in [-0.2, 0) is 28.6 Å². The molecule has 0 spiro atoms. The van der Waals surface area contributed by atoms with Crippen molar-refractivity contribution in [1.82, 2.24) is 0 Å². The van der Waals surface area contributed by atoms with Crippen molar-refractivity contribution < 1.29 is 28.6 Å². The van der Waals surface area contributed by atoms with Crippen LogP contribution in [0, 0.1) is 0 Å². The number of carbonyl (C=O) groups is 3. The summed E-state index contributed by atoms with van der Waals surface area (Å²) in [5, 5.41) is 0. The van der Waals surface area contributed by atoms with Gasteiger partial charge in [0.2, 0.25) is 0 Å². The summed E-state index contributed by atoms with van der Waals surface area (Å²) in [4.78, 5) is 37.8. The Morgan fingerprint density at radius 1 is 0.296 bits per heavy atom. The standard InChI is InChI=1S/C65H108O6/c1-4-7-10-13-16-18-20-22-24-25-26-27-28-29-30-31-32-33-34-35-36-37-38-39-40-41-42-44-45-47-49-52-55-58-64(67)70-61-62(60-69-63(66)57-54-51-15-12-9-6-3)71-65(68)59-56-53-50-48-46-43-23-21-19-17-14-11-8-5-2/h7,10,14,16-18,21-24,26-27,29-30,32-33,35-36,62H,4-6,8-9,11-13,15,19-20,25,28,31,34,37-61H2,1-3H3/b10-7-,17-14-,18-16-,23-21-,24-22-,27-26-,30-29-,33-32-,36-35-. The zero-order valence-corrected chi connectivity index (χ0v) is 46.2. The number of allylic oxidation sites excluding steroid dienone is 18. The van der Waals surface area contributed by atoms with E-state index in [4.69, 9.17) is 14.2 Å². The second kappa shape index (κ2) is 58.6. The molecule has 71 heavy (non-hydrogen) atoms. The first kappa shape index (κ1) is 67.1. The maximum absolute atomic E-state index is 12.8. The van der Waals surface area contributed by atoms with Gasteiger partial charge in [-0.05, 0) is 103 Å². The highest BCUT2D eigenvalue weighted by Crippen LogP contribution is 2.15. The number of hydrogen-bond donors (Lipinski definition) is 0. The normalized spacial score (nSPS) is 12.9. The summed E-state index contributed by atoms with van der Waals surface area (Å²) in [6.07, 6.45) is 79.8. The molecule has 0 bridgehead atoms. The highest BCUT2D eigenvalue weighted by molar-refractivity contribution is 5.71. The first-order chi connectivity index (χ1) is 35.0. The molecule has 6 heteroatoms. The Labute approximate surface area is 438 Å². The number of esters is 3. The van der Waals surface area contributed by atoms with Crippen LogP contribution in [-0.4, -0.2) is 37.2 Å². The Kier molecular flexibility index (Phi) is 55.4. The van der Waals surface area contributed by atoms with Gasteiger partial charge in [0.15, 0.2) is 6.10 Å². The Balaban J connectivity index is 4.06. The molecular weight excluding hydrogens is 877 g/mol. The van der Waals surface area contributed by atoms with Gasteiger partial charge in [0, 0.05) is 19.3 Å². The van der Waals surface area contributed by atoms with E-state index in [1.54, 1.807) is 0 Å². The highest BCUT2D eigenvalue weighted by atomic mass is 16.6. The van der Waals surface area contributed by atoms with Crippen molar-refractivity contribution in [3.05, 3.63) is 109 Å². The fourth-order valence-electron chi connectivity index (χ4n) is 7.85. The monoisotopic (exact) mass is 985 g/mol. The third kappa shape index (κ3) is 56.9. The third-order valence-electron chi connectivity index (χ3n) is 12.3. The van der Waals surface area contributed by atoms with Crippen LogP contribution >= 0.6 is 0 Å². The minimum absolute atomic E-state index is 0.0839. The average molecular weight is 986 g/mol. The van der Waals surface area contributed by atoms with E-state index in [9.17, 15) is 14.4 Å². The SMILES string of the molecule is CC/C=C\C/C=C\C/C=C\C/C=C\C/C=C\C/C=C\C/C=C\CCCCCCCCCCCCCC(=O)OCC(COC(=O)CCCCCCCC)OC(=O)CCCCCCC/C=C\C/C=C\CCCC. The Hall–Kier alpha value is -3.93. The predicted molar refractivity (Wildman–Crippen MR) is 307 cm³/mol. The lowest BCUT2D eigenvalue weighted by Gasteiger charge is -2.18. The van der Waals surface area contributed by atoms with Crippen molar-refractivity contribution in [2.45, 2.75) is 271 Å². The maximum atomic E-state index is 12.8. The molecule has 0 saturated carbocycles. The molecule has 0 aromatic heterocycles. The number of unbranched alkanes of at least 4 members (excludes halogenated alkanes) is 23. The van der Waals surface area contributed by atoms with Gasteiger partial charge < -0.3 is 14.2 Å². The van der Waals surface area contributed by atoms with Crippen LogP contribution in [0.3, 0.4) is 0 Å². The molecule has 0 rings (SSSR count). The Morgan fingerprint density at radius 3 is 0.901 bits per heavy atom. The fourth-order valence-corrected chi connectivity index (χ4v) is 7.85. The molecule has 0 fully saturated rings. The molecule has 1 unspecified atom stereocenters. The van der Waals surface area contributed by atoms with E-state index in [0.717, 1.165) is 128 Å². The number of carbonyl (C=O) groups excluding carboxylic acids is 3. The van der Waals surface area contributed by atoms with Crippen molar-refractivity contribution in [3.8, 4) is 0 Å². The molecule has 0 aromatic rings. The van der Waals surface area contributed by atoms with Gasteiger partial charge in [-0.1, -0.05) is 252 Å². The van der Waals surface area contributed by atoms with Crippen LogP contribution in [0.1, 0.15) is 265 Å². The number of rotatable bonds is 52. The smallest absolute Gasteiger partial charge is 0.306 e. The van der Waals surface area contributed by atoms with Crippen LogP contribution in [0.5, 0.6) is 0 Å². The summed E-state index contributed by atoms with van der Waals surface area (Å²) in [7, 11) is 0. The molecule has 0 aliphatic rings. The largest absolute Gasteiger partial charge is 0.462 e. The number of hydrogen-bond acceptors (Lipinski definition) is 6. The highest BCUT2D eigenvalue weighted by Gasteiger charge is 2.19. The summed E-state index contributed by atoms with van der Waals surface area (Å²) in [6.45, 7) is 6.41. The molecule has 0 N–H and O–H groups in total. The maximum Gasteiger partial charge on any atom is 0.306 e. The van der Waals surface area contributed by atoms with Gasteiger partial charge in [0.05, 0.1) is 0 Å². The lowest BCUT2D eigenvalue weighted by molar-refractivity contribution is -0.167. The molecule has 404 valence electrons. The van der Waals surface area contributed by atoms with Crippen LogP contribution in [0.25, 0.3) is 0 Å².